The largest absolute Gasteiger partial charge is 0.389 e. The molecule has 0 aromatic carbocycles. The Hall–Kier alpha value is -0.250. The van der Waals surface area contributed by atoms with Gasteiger partial charge in [-0.15, -0.1) is 0 Å². The molecular formula is C6H12F3N. The van der Waals surface area contributed by atoms with Gasteiger partial charge >= 0.3 is 6.18 Å². The van der Waals surface area contributed by atoms with E-state index in [0.717, 1.165) is 0 Å². The first-order chi connectivity index (χ1) is 4.42. The van der Waals surface area contributed by atoms with E-state index in [-0.39, 0.29) is 6.42 Å². The molecule has 4 heteroatoms. The summed E-state index contributed by atoms with van der Waals surface area (Å²) in [7, 11) is 3.52. The van der Waals surface area contributed by atoms with Crippen LogP contribution in [-0.2, 0) is 0 Å². The van der Waals surface area contributed by atoms with Crippen LogP contribution in [0.1, 0.15) is 12.8 Å². The van der Waals surface area contributed by atoms with Crippen LogP contribution in [-0.4, -0.2) is 31.7 Å². The zero-order valence-corrected chi connectivity index (χ0v) is 6.20. The van der Waals surface area contributed by atoms with Crippen LogP contribution in [0.25, 0.3) is 0 Å². The van der Waals surface area contributed by atoms with Gasteiger partial charge in [0, 0.05) is 6.42 Å². The first-order valence-electron chi connectivity index (χ1n) is 3.13. The van der Waals surface area contributed by atoms with E-state index in [9.17, 15) is 13.2 Å². The van der Waals surface area contributed by atoms with E-state index in [1.807, 2.05) is 0 Å². The maximum Gasteiger partial charge on any atom is 0.389 e. The topological polar surface area (TPSA) is 3.24 Å². The lowest BCUT2D eigenvalue weighted by Gasteiger charge is -2.10. The van der Waals surface area contributed by atoms with Crippen molar-refractivity contribution in [2.24, 2.45) is 0 Å². The summed E-state index contributed by atoms with van der Waals surface area (Å²) in [4.78, 5) is 1.74. The van der Waals surface area contributed by atoms with Crippen LogP contribution >= 0.6 is 0 Å². The molecule has 0 unspecified atom stereocenters. The Morgan fingerprint density at radius 1 is 1.20 bits per heavy atom. The molecule has 10 heavy (non-hydrogen) atoms. The molecule has 0 aromatic rings. The van der Waals surface area contributed by atoms with Crippen LogP contribution < -0.4 is 0 Å². The Labute approximate surface area is 58.8 Å². The van der Waals surface area contributed by atoms with Gasteiger partial charge in [-0.1, -0.05) is 0 Å². The molecule has 0 heterocycles. The second-order valence-corrected chi connectivity index (χ2v) is 2.52. The normalized spacial score (nSPS) is 12.6. The molecule has 0 aliphatic carbocycles. The predicted molar refractivity (Wildman–Crippen MR) is 33.8 cm³/mol. The highest BCUT2D eigenvalue weighted by Gasteiger charge is 2.25. The first kappa shape index (κ1) is 9.75. The Kier molecular flexibility index (Phi) is 3.71. The zero-order valence-electron chi connectivity index (χ0n) is 6.20. The number of hydrogen-bond acceptors (Lipinski definition) is 1. The highest BCUT2D eigenvalue weighted by Crippen LogP contribution is 2.20. The minimum atomic E-state index is -3.99. The molecule has 62 valence electrons. The molecule has 0 saturated carbocycles. The third-order valence-electron chi connectivity index (χ3n) is 1.07. The summed E-state index contributed by atoms with van der Waals surface area (Å²) < 4.78 is 34.5. The maximum atomic E-state index is 11.5. The van der Waals surface area contributed by atoms with Crippen LogP contribution in [0.2, 0.25) is 0 Å². The Morgan fingerprint density at radius 3 is 2.00 bits per heavy atom. The second kappa shape index (κ2) is 3.81. The van der Waals surface area contributed by atoms with Gasteiger partial charge < -0.3 is 4.90 Å². The van der Waals surface area contributed by atoms with Crippen LogP contribution in [0, 0.1) is 0 Å². The molecular weight excluding hydrogens is 143 g/mol. The summed E-state index contributed by atoms with van der Waals surface area (Å²) in [6, 6.07) is 0. The third-order valence-corrected chi connectivity index (χ3v) is 1.07. The van der Waals surface area contributed by atoms with Crippen molar-refractivity contribution in [1.82, 2.24) is 4.90 Å². The van der Waals surface area contributed by atoms with Crippen molar-refractivity contribution in [1.29, 1.82) is 0 Å². The van der Waals surface area contributed by atoms with Crippen LogP contribution in [0.15, 0.2) is 0 Å². The molecule has 0 saturated heterocycles. The Bertz CT molecular complexity index is 87.5. The van der Waals surface area contributed by atoms with Crippen LogP contribution in [0.4, 0.5) is 13.2 Å². The van der Waals surface area contributed by atoms with Gasteiger partial charge in [0.25, 0.3) is 0 Å². The number of rotatable bonds is 3. The molecule has 0 fully saturated rings. The van der Waals surface area contributed by atoms with Crippen molar-refractivity contribution in [3.05, 3.63) is 0 Å². The van der Waals surface area contributed by atoms with Gasteiger partial charge in [0.15, 0.2) is 0 Å². The minimum Gasteiger partial charge on any atom is -0.309 e. The molecule has 0 radical (unpaired) electrons. The number of nitrogens with zero attached hydrogens (tertiary/aromatic N) is 1. The van der Waals surface area contributed by atoms with Crippen molar-refractivity contribution in [2.75, 3.05) is 20.6 Å². The number of alkyl halides is 3. The van der Waals surface area contributed by atoms with E-state index < -0.39 is 12.6 Å². The number of hydrogen-bond donors (Lipinski definition) is 0. The summed E-state index contributed by atoms with van der Waals surface area (Å²) in [5.41, 5.74) is 0. The quantitative estimate of drug-likeness (QED) is 0.601. The van der Waals surface area contributed by atoms with E-state index in [0.29, 0.717) is 6.54 Å². The summed E-state index contributed by atoms with van der Waals surface area (Å²) in [6.07, 6.45) is -4.47. The SMILES string of the molecule is CN(C)CCCC(F)(F)F. The van der Waals surface area contributed by atoms with E-state index >= 15 is 0 Å². The molecule has 0 rings (SSSR count). The highest BCUT2D eigenvalue weighted by atomic mass is 19.4. The molecule has 0 aliphatic heterocycles. The Balaban J connectivity index is 3.21. The van der Waals surface area contributed by atoms with Crippen molar-refractivity contribution in [3.63, 3.8) is 0 Å². The molecule has 1 nitrogen and oxygen atoms in total. The van der Waals surface area contributed by atoms with Gasteiger partial charge in [-0.2, -0.15) is 13.2 Å². The first-order valence-corrected chi connectivity index (χ1v) is 3.13. The van der Waals surface area contributed by atoms with Crippen LogP contribution in [0.3, 0.4) is 0 Å². The molecule has 0 amide bonds. The summed E-state index contributed by atoms with van der Waals surface area (Å²) in [5.74, 6) is 0. The molecule has 0 atom stereocenters. The monoisotopic (exact) mass is 155 g/mol. The van der Waals surface area contributed by atoms with Crippen molar-refractivity contribution in [3.8, 4) is 0 Å². The van der Waals surface area contributed by atoms with E-state index in [1.165, 1.54) is 0 Å². The second-order valence-electron chi connectivity index (χ2n) is 2.52. The summed E-state index contributed by atoms with van der Waals surface area (Å²) in [6.45, 7) is 0.500. The van der Waals surface area contributed by atoms with Crippen molar-refractivity contribution in [2.45, 2.75) is 19.0 Å². The summed E-state index contributed by atoms with van der Waals surface area (Å²) in [5, 5.41) is 0. The van der Waals surface area contributed by atoms with Crippen molar-refractivity contribution >= 4 is 0 Å². The van der Waals surface area contributed by atoms with E-state index in [1.54, 1.807) is 19.0 Å². The van der Waals surface area contributed by atoms with Crippen LogP contribution in [0.5, 0.6) is 0 Å². The average molecular weight is 155 g/mol. The lowest BCUT2D eigenvalue weighted by molar-refractivity contribution is -0.135. The fraction of sp³-hybridized carbons (Fsp3) is 1.00. The van der Waals surface area contributed by atoms with Crippen molar-refractivity contribution < 1.29 is 13.2 Å². The van der Waals surface area contributed by atoms with Gasteiger partial charge in [0.05, 0.1) is 0 Å². The maximum absolute atomic E-state index is 11.5. The van der Waals surface area contributed by atoms with Gasteiger partial charge in [0.2, 0.25) is 0 Å². The van der Waals surface area contributed by atoms with E-state index in [4.69, 9.17) is 0 Å². The fourth-order valence-electron chi connectivity index (χ4n) is 0.596. The van der Waals surface area contributed by atoms with Gasteiger partial charge in [-0.25, -0.2) is 0 Å². The highest BCUT2D eigenvalue weighted by molar-refractivity contribution is 4.52. The molecule has 0 N–H and O–H groups in total. The summed E-state index contributed by atoms with van der Waals surface area (Å²) >= 11 is 0. The molecule has 0 spiro atoms. The van der Waals surface area contributed by atoms with E-state index in [2.05, 4.69) is 0 Å². The number of halogens is 3. The standard InChI is InChI=1S/C6H12F3N/c1-10(2)5-3-4-6(7,8)9/h3-5H2,1-2H3. The van der Waals surface area contributed by atoms with Gasteiger partial charge in [-0.3, -0.25) is 0 Å². The minimum absolute atomic E-state index is 0.191. The average Bonchev–Trinajstić information content (AvgIpc) is 1.59. The molecule has 0 bridgehead atoms. The molecule has 0 aromatic heterocycles. The smallest absolute Gasteiger partial charge is 0.309 e. The zero-order chi connectivity index (χ0) is 8.20. The Morgan fingerprint density at radius 2 is 1.70 bits per heavy atom. The van der Waals surface area contributed by atoms with Gasteiger partial charge in [0.1, 0.15) is 0 Å². The lowest BCUT2D eigenvalue weighted by Crippen LogP contribution is -2.16. The lowest BCUT2D eigenvalue weighted by atomic mass is 10.3. The fourth-order valence-corrected chi connectivity index (χ4v) is 0.596. The predicted octanol–water partition coefficient (Wildman–Crippen LogP) is 1.89. The van der Waals surface area contributed by atoms with Gasteiger partial charge in [-0.05, 0) is 27.1 Å². The molecule has 0 aliphatic rings. The third kappa shape index (κ3) is 7.75.